The van der Waals surface area contributed by atoms with Crippen molar-refractivity contribution in [1.29, 1.82) is 15.8 Å². The molecule has 0 amide bonds. The average molecular weight is 559 g/mol. The van der Waals surface area contributed by atoms with E-state index >= 15 is 0 Å². The van der Waals surface area contributed by atoms with Gasteiger partial charge in [0.15, 0.2) is 11.3 Å². The number of rotatable bonds is 7. The Morgan fingerprint density at radius 1 is 0.976 bits per heavy atom. The number of nitrogens with zero attached hydrogens (tertiary/aromatic N) is 4. The van der Waals surface area contributed by atoms with Crippen LogP contribution in [0.15, 0.2) is 88.3 Å². The molecule has 1 heterocycles. The minimum absolute atomic E-state index is 0.0703. The van der Waals surface area contributed by atoms with Crippen molar-refractivity contribution in [3.63, 3.8) is 0 Å². The standard InChI is InChI=1S/C33H33F3N4O/c1-6-40(7-2)27-15-13-23(14-16-27)11-12-25-17-24(18-31(3,4)19-25)9-8-10-29-28(22-39)30(26(20-37)21-38)41-32(29,5)33(34,35)36/h8-17H,6-7,18-19H2,1-5H3/b10-8+,12-11+,24-9-. The largest absolute Gasteiger partial charge is 0.470 e. The van der Waals surface area contributed by atoms with Crippen LogP contribution in [-0.2, 0) is 4.74 Å². The third-order valence-corrected chi connectivity index (χ3v) is 7.24. The number of benzene rings is 1. The molecule has 1 aromatic carbocycles. The molecule has 1 aliphatic carbocycles. The Labute approximate surface area is 240 Å². The summed E-state index contributed by atoms with van der Waals surface area (Å²) >= 11 is 0. The minimum Gasteiger partial charge on any atom is -0.470 e. The second kappa shape index (κ2) is 12.4. The van der Waals surface area contributed by atoms with Gasteiger partial charge in [0.2, 0.25) is 5.60 Å². The number of allylic oxidation sites excluding steroid dienone is 8. The highest BCUT2D eigenvalue weighted by Gasteiger charge is 2.60. The lowest BCUT2D eigenvalue weighted by Gasteiger charge is -2.30. The molecule has 0 saturated heterocycles. The Hall–Kier alpha value is -4.48. The smallest absolute Gasteiger partial charge is 0.432 e. The van der Waals surface area contributed by atoms with Gasteiger partial charge in [0.05, 0.1) is 0 Å². The van der Waals surface area contributed by atoms with Gasteiger partial charge in [-0.15, -0.1) is 0 Å². The summed E-state index contributed by atoms with van der Waals surface area (Å²) in [6, 6.07) is 13.1. The van der Waals surface area contributed by atoms with Gasteiger partial charge in [0.1, 0.15) is 23.8 Å². The topological polar surface area (TPSA) is 83.8 Å². The van der Waals surface area contributed by atoms with Crippen LogP contribution in [0.25, 0.3) is 6.08 Å². The molecule has 1 atom stereocenters. The number of anilines is 1. The zero-order valence-electron chi connectivity index (χ0n) is 23.9. The lowest BCUT2D eigenvalue weighted by Crippen LogP contribution is -2.43. The van der Waals surface area contributed by atoms with Crippen molar-refractivity contribution >= 4 is 11.8 Å². The van der Waals surface area contributed by atoms with Crippen molar-refractivity contribution in [2.45, 2.75) is 59.2 Å². The summed E-state index contributed by atoms with van der Waals surface area (Å²) in [5.41, 5.74) is -0.310. The van der Waals surface area contributed by atoms with Gasteiger partial charge in [0, 0.05) is 24.4 Å². The molecule has 1 aromatic rings. The number of hydrogen-bond acceptors (Lipinski definition) is 5. The normalized spacial score (nSPS) is 21.4. The predicted molar refractivity (Wildman–Crippen MR) is 154 cm³/mol. The molecule has 3 rings (SSSR count). The molecule has 1 aliphatic heterocycles. The van der Waals surface area contributed by atoms with Gasteiger partial charge in [-0.3, -0.25) is 0 Å². The highest BCUT2D eigenvalue weighted by Crippen LogP contribution is 2.49. The zero-order valence-corrected chi connectivity index (χ0v) is 23.9. The van der Waals surface area contributed by atoms with E-state index in [9.17, 15) is 29.0 Å². The maximum absolute atomic E-state index is 14.1. The molecule has 0 fully saturated rings. The first-order chi connectivity index (χ1) is 19.3. The summed E-state index contributed by atoms with van der Waals surface area (Å²) in [6.45, 7) is 11.2. The maximum atomic E-state index is 14.1. The predicted octanol–water partition coefficient (Wildman–Crippen LogP) is 8.25. The summed E-state index contributed by atoms with van der Waals surface area (Å²) in [5, 5.41) is 28.0. The van der Waals surface area contributed by atoms with E-state index in [1.54, 1.807) is 12.1 Å². The van der Waals surface area contributed by atoms with Crippen LogP contribution < -0.4 is 4.90 Å². The second-order valence-corrected chi connectivity index (χ2v) is 10.9. The first kappa shape index (κ1) is 31.1. The van der Waals surface area contributed by atoms with Crippen molar-refractivity contribution in [1.82, 2.24) is 0 Å². The van der Waals surface area contributed by atoms with Crippen LogP contribution in [0, 0.1) is 39.4 Å². The van der Waals surface area contributed by atoms with Crippen LogP contribution in [0.5, 0.6) is 0 Å². The van der Waals surface area contributed by atoms with Crippen molar-refractivity contribution in [3.8, 4) is 18.2 Å². The molecule has 0 spiro atoms. The van der Waals surface area contributed by atoms with E-state index in [1.807, 2.05) is 6.08 Å². The fraction of sp³-hybridized carbons (Fsp3) is 0.364. The van der Waals surface area contributed by atoms with Gasteiger partial charge in [0.25, 0.3) is 0 Å². The van der Waals surface area contributed by atoms with Crippen LogP contribution in [0.2, 0.25) is 0 Å². The van der Waals surface area contributed by atoms with Gasteiger partial charge in [-0.25, -0.2) is 0 Å². The lowest BCUT2D eigenvalue weighted by molar-refractivity contribution is -0.236. The monoisotopic (exact) mass is 558 g/mol. The minimum atomic E-state index is -4.89. The van der Waals surface area contributed by atoms with E-state index in [0.29, 0.717) is 6.42 Å². The van der Waals surface area contributed by atoms with Crippen molar-refractivity contribution in [2.24, 2.45) is 5.41 Å². The first-order valence-electron chi connectivity index (χ1n) is 13.4. The Kier molecular flexibility index (Phi) is 9.36. The van der Waals surface area contributed by atoms with Crippen molar-refractivity contribution < 1.29 is 17.9 Å². The SMILES string of the molecule is CCN(CC)c1ccc(/C=C/C2=CC(=C/C=C/C3=C(C#N)C(=C(C#N)C#N)OC3(C)C(F)(F)F)/CC(C)(C)C2)cc1. The molecule has 8 heteroatoms. The summed E-state index contributed by atoms with van der Waals surface area (Å²) in [6.07, 6.45) is 7.17. The second-order valence-electron chi connectivity index (χ2n) is 10.9. The molecule has 41 heavy (non-hydrogen) atoms. The van der Waals surface area contributed by atoms with E-state index in [-0.39, 0.29) is 5.41 Å². The number of hydrogen-bond donors (Lipinski definition) is 0. The molecule has 0 bridgehead atoms. The third kappa shape index (κ3) is 6.82. The Morgan fingerprint density at radius 2 is 1.61 bits per heavy atom. The van der Waals surface area contributed by atoms with Gasteiger partial charge in [-0.1, -0.05) is 62.4 Å². The van der Waals surface area contributed by atoms with Gasteiger partial charge >= 0.3 is 6.18 Å². The molecule has 1 unspecified atom stereocenters. The summed E-state index contributed by atoms with van der Waals surface area (Å²) in [4.78, 5) is 2.28. The molecule has 0 radical (unpaired) electrons. The van der Waals surface area contributed by atoms with Crippen molar-refractivity contribution in [2.75, 3.05) is 18.0 Å². The quantitative estimate of drug-likeness (QED) is 0.315. The fourth-order valence-corrected chi connectivity index (χ4v) is 5.12. The maximum Gasteiger partial charge on any atom is 0.432 e. The molecule has 2 aliphatic rings. The summed E-state index contributed by atoms with van der Waals surface area (Å²) in [5.74, 6) is -0.652. The summed E-state index contributed by atoms with van der Waals surface area (Å²) < 4.78 is 47.3. The molecule has 0 aromatic heterocycles. The molecule has 0 saturated carbocycles. The number of halogens is 3. The molecular weight excluding hydrogens is 525 g/mol. The van der Waals surface area contributed by atoms with Crippen molar-refractivity contribution in [3.05, 3.63) is 93.8 Å². The number of alkyl halides is 3. The molecule has 0 N–H and O–H groups in total. The van der Waals surface area contributed by atoms with E-state index in [2.05, 4.69) is 69.0 Å². The van der Waals surface area contributed by atoms with Gasteiger partial charge < -0.3 is 9.64 Å². The average Bonchev–Trinajstić information content (AvgIpc) is 3.21. The first-order valence-corrected chi connectivity index (χ1v) is 13.4. The zero-order chi connectivity index (χ0) is 30.4. The van der Waals surface area contributed by atoms with Crippen LogP contribution in [0.3, 0.4) is 0 Å². The highest BCUT2D eigenvalue weighted by atomic mass is 19.4. The number of nitriles is 3. The third-order valence-electron chi connectivity index (χ3n) is 7.24. The van der Waals surface area contributed by atoms with Gasteiger partial charge in [-0.2, -0.15) is 29.0 Å². The van der Waals surface area contributed by atoms with Crippen LogP contribution >= 0.6 is 0 Å². The van der Waals surface area contributed by atoms with E-state index in [4.69, 9.17) is 4.74 Å². The lowest BCUT2D eigenvalue weighted by atomic mass is 9.75. The van der Waals surface area contributed by atoms with E-state index in [1.165, 1.54) is 30.0 Å². The van der Waals surface area contributed by atoms with Crippen LogP contribution in [-0.4, -0.2) is 24.9 Å². The Balaban J connectivity index is 1.95. The van der Waals surface area contributed by atoms with E-state index in [0.717, 1.165) is 43.1 Å². The fourth-order valence-electron chi connectivity index (χ4n) is 5.12. The molecule has 5 nitrogen and oxygen atoms in total. The van der Waals surface area contributed by atoms with Gasteiger partial charge in [-0.05, 0) is 67.9 Å². The molecule has 212 valence electrons. The Bertz CT molecular complexity index is 1460. The number of ether oxygens (including phenoxy) is 1. The summed E-state index contributed by atoms with van der Waals surface area (Å²) in [7, 11) is 0. The Morgan fingerprint density at radius 3 is 2.15 bits per heavy atom. The molecular formula is C33H33F3N4O. The van der Waals surface area contributed by atoms with Crippen LogP contribution in [0.4, 0.5) is 18.9 Å². The van der Waals surface area contributed by atoms with Crippen LogP contribution in [0.1, 0.15) is 53.0 Å². The van der Waals surface area contributed by atoms with E-state index < -0.39 is 34.3 Å². The highest BCUT2D eigenvalue weighted by molar-refractivity contribution is 5.61.